The number of nitriles is 1. The van der Waals surface area contributed by atoms with Gasteiger partial charge < -0.3 is 5.32 Å². The molecule has 0 spiro atoms. The van der Waals surface area contributed by atoms with Crippen LogP contribution in [0.1, 0.15) is 25.5 Å². The zero-order chi connectivity index (χ0) is 11.3. The molecule has 0 aliphatic carbocycles. The Bertz CT molecular complexity index is 357. The summed E-state index contributed by atoms with van der Waals surface area (Å²) >= 11 is 6.06. The summed E-state index contributed by atoms with van der Waals surface area (Å²) in [7, 11) is 0. The molecule has 0 saturated carbocycles. The maximum atomic E-state index is 8.66. The van der Waals surface area contributed by atoms with E-state index in [-0.39, 0.29) is 12.0 Å². The van der Waals surface area contributed by atoms with E-state index in [4.69, 9.17) is 16.9 Å². The van der Waals surface area contributed by atoms with Crippen LogP contribution >= 0.6 is 11.6 Å². The third kappa shape index (κ3) is 3.54. The Balaban J connectivity index is 2.58. The molecule has 80 valence electrons. The van der Waals surface area contributed by atoms with Gasteiger partial charge in [0.1, 0.15) is 0 Å². The molecule has 2 unspecified atom stereocenters. The van der Waals surface area contributed by atoms with Crippen molar-refractivity contribution in [1.29, 1.82) is 5.26 Å². The molecule has 0 fully saturated rings. The summed E-state index contributed by atoms with van der Waals surface area (Å²) in [6.07, 6.45) is 0. The van der Waals surface area contributed by atoms with Crippen LogP contribution in [0.2, 0.25) is 5.02 Å². The average Bonchev–Trinajstić information content (AvgIpc) is 2.26. The molecule has 0 heterocycles. The number of benzene rings is 1. The highest BCUT2D eigenvalue weighted by Crippen LogP contribution is 2.21. The van der Waals surface area contributed by atoms with Gasteiger partial charge in [0.2, 0.25) is 0 Å². The summed E-state index contributed by atoms with van der Waals surface area (Å²) in [6, 6.07) is 10.1. The van der Waals surface area contributed by atoms with Gasteiger partial charge in [-0.05, 0) is 25.5 Å². The van der Waals surface area contributed by atoms with E-state index < -0.39 is 0 Å². The van der Waals surface area contributed by atoms with E-state index in [1.165, 1.54) is 0 Å². The van der Waals surface area contributed by atoms with Crippen LogP contribution in [-0.4, -0.2) is 6.54 Å². The van der Waals surface area contributed by atoms with Crippen molar-refractivity contribution >= 4 is 11.6 Å². The molecular weight excluding hydrogens is 208 g/mol. The molecule has 0 aliphatic heterocycles. The lowest BCUT2D eigenvalue weighted by atomic mass is 10.1. The maximum Gasteiger partial charge on any atom is 0.0666 e. The van der Waals surface area contributed by atoms with Crippen molar-refractivity contribution < 1.29 is 0 Å². The van der Waals surface area contributed by atoms with E-state index in [1.54, 1.807) is 0 Å². The van der Waals surface area contributed by atoms with Crippen LogP contribution in [0, 0.1) is 17.2 Å². The van der Waals surface area contributed by atoms with Gasteiger partial charge in [0.05, 0.1) is 12.0 Å². The van der Waals surface area contributed by atoms with E-state index in [2.05, 4.69) is 11.4 Å². The van der Waals surface area contributed by atoms with Gasteiger partial charge in [-0.1, -0.05) is 29.8 Å². The number of halogens is 1. The molecule has 0 aliphatic rings. The zero-order valence-corrected chi connectivity index (χ0v) is 9.75. The van der Waals surface area contributed by atoms with Crippen molar-refractivity contribution in [3.8, 4) is 6.07 Å². The summed E-state index contributed by atoms with van der Waals surface area (Å²) in [5.74, 6) is 0.0231. The normalized spacial score (nSPS) is 14.3. The van der Waals surface area contributed by atoms with E-state index in [0.29, 0.717) is 6.54 Å². The van der Waals surface area contributed by atoms with Gasteiger partial charge in [0, 0.05) is 17.6 Å². The fourth-order valence-corrected chi connectivity index (χ4v) is 1.63. The van der Waals surface area contributed by atoms with E-state index in [1.807, 2.05) is 38.1 Å². The lowest BCUT2D eigenvalue weighted by Gasteiger charge is -2.16. The third-order valence-corrected chi connectivity index (χ3v) is 2.67. The maximum absolute atomic E-state index is 8.66. The number of hydrogen-bond donors (Lipinski definition) is 1. The smallest absolute Gasteiger partial charge is 0.0666 e. The molecule has 1 rings (SSSR count). The molecule has 1 aromatic carbocycles. The van der Waals surface area contributed by atoms with Crippen LogP contribution in [0.15, 0.2) is 24.3 Å². The van der Waals surface area contributed by atoms with Gasteiger partial charge in [-0.2, -0.15) is 5.26 Å². The molecule has 0 aromatic heterocycles. The van der Waals surface area contributed by atoms with Crippen LogP contribution in [-0.2, 0) is 0 Å². The van der Waals surface area contributed by atoms with Crippen molar-refractivity contribution in [3.63, 3.8) is 0 Å². The Morgan fingerprint density at radius 2 is 2.07 bits per heavy atom. The molecule has 2 atom stereocenters. The van der Waals surface area contributed by atoms with E-state index >= 15 is 0 Å². The second kappa shape index (κ2) is 5.75. The first-order valence-corrected chi connectivity index (χ1v) is 5.40. The van der Waals surface area contributed by atoms with Crippen LogP contribution in [0.5, 0.6) is 0 Å². The molecule has 1 N–H and O–H groups in total. The number of nitrogens with one attached hydrogen (secondary N) is 1. The minimum Gasteiger partial charge on any atom is -0.309 e. The minimum absolute atomic E-state index is 0.0231. The summed E-state index contributed by atoms with van der Waals surface area (Å²) in [4.78, 5) is 0. The van der Waals surface area contributed by atoms with Crippen LogP contribution in [0.3, 0.4) is 0 Å². The van der Waals surface area contributed by atoms with Crippen molar-refractivity contribution in [1.82, 2.24) is 5.32 Å². The number of hydrogen-bond acceptors (Lipinski definition) is 2. The van der Waals surface area contributed by atoms with Crippen LogP contribution in [0.4, 0.5) is 0 Å². The highest BCUT2D eigenvalue weighted by atomic mass is 35.5. The number of nitrogens with zero attached hydrogens (tertiary/aromatic N) is 1. The Labute approximate surface area is 95.9 Å². The van der Waals surface area contributed by atoms with E-state index in [9.17, 15) is 0 Å². The van der Waals surface area contributed by atoms with Gasteiger partial charge in [0.15, 0.2) is 0 Å². The lowest BCUT2D eigenvalue weighted by molar-refractivity contribution is 0.528. The predicted molar refractivity (Wildman–Crippen MR) is 62.6 cm³/mol. The Kier molecular flexibility index (Phi) is 4.61. The Morgan fingerprint density at radius 1 is 1.40 bits per heavy atom. The van der Waals surface area contributed by atoms with Crippen molar-refractivity contribution in [3.05, 3.63) is 34.9 Å². The summed E-state index contributed by atoms with van der Waals surface area (Å²) < 4.78 is 0. The fourth-order valence-electron chi connectivity index (χ4n) is 1.34. The van der Waals surface area contributed by atoms with Gasteiger partial charge in [-0.3, -0.25) is 0 Å². The molecule has 3 heteroatoms. The van der Waals surface area contributed by atoms with E-state index in [0.717, 1.165) is 10.6 Å². The van der Waals surface area contributed by atoms with Gasteiger partial charge in [-0.25, -0.2) is 0 Å². The van der Waals surface area contributed by atoms with Gasteiger partial charge in [0.25, 0.3) is 0 Å². The Hall–Kier alpha value is -1.04. The quantitative estimate of drug-likeness (QED) is 0.850. The second-order valence-electron chi connectivity index (χ2n) is 3.68. The standard InChI is InChI=1S/C12H15ClN2/c1-9(7-14)8-15-10(2)11-5-3-4-6-12(11)13/h3-6,9-10,15H,8H2,1-2H3. The molecular formula is C12H15ClN2. The first kappa shape index (κ1) is 12.0. The largest absolute Gasteiger partial charge is 0.309 e. The molecule has 2 nitrogen and oxygen atoms in total. The summed E-state index contributed by atoms with van der Waals surface area (Å²) in [5, 5.41) is 12.7. The topological polar surface area (TPSA) is 35.8 Å². The van der Waals surface area contributed by atoms with Gasteiger partial charge >= 0.3 is 0 Å². The fraction of sp³-hybridized carbons (Fsp3) is 0.417. The summed E-state index contributed by atoms with van der Waals surface area (Å²) in [6.45, 7) is 4.63. The highest BCUT2D eigenvalue weighted by Gasteiger charge is 2.09. The molecule has 15 heavy (non-hydrogen) atoms. The van der Waals surface area contributed by atoms with Crippen LogP contribution in [0.25, 0.3) is 0 Å². The average molecular weight is 223 g/mol. The molecule has 0 amide bonds. The third-order valence-electron chi connectivity index (χ3n) is 2.32. The molecule has 0 radical (unpaired) electrons. The monoisotopic (exact) mass is 222 g/mol. The SMILES string of the molecule is CC(C#N)CNC(C)c1ccccc1Cl. The number of rotatable bonds is 4. The van der Waals surface area contributed by atoms with Crippen molar-refractivity contribution in [2.24, 2.45) is 5.92 Å². The molecule has 0 bridgehead atoms. The van der Waals surface area contributed by atoms with Crippen molar-refractivity contribution in [2.45, 2.75) is 19.9 Å². The van der Waals surface area contributed by atoms with Crippen LogP contribution < -0.4 is 5.32 Å². The molecule has 0 saturated heterocycles. The zero-order valence-electron chi connectivity index (χ0n) is 9.00. The second-order valence-corrected chi connectivity index (χ2v) is 4.09. The first-order valence-electron chi connectivity index (χ1n) is 5.02. The Morgan fingerprint density at radius 3 is 2.67 bits per heavy atom. The summed E-state index contributed by atoms with van der Waals surface area (Å²) in [5.41, 5.74) is 1.07. The predicted octanol–water partition coefficient (Wildman–Crippen LogP) is 3.15. The highest BCUT2D eigenvalue weighted by molar-refractivity contribution is 6.31. The first-order chi connectivity index (χ1) is 7.15. The molecule has 1 aromatic rings. The lowest BCUT2D eigenvalue weighted by Crippen LogP contribution is -2.24. The van der Waals surface area contributed by atoms with Gasteiger partial charge in [-0.15, -0.1) is 0 Å². The minimum atomic E-state index is 0.0231. The van der Waals surface area contributed by atoms with Crippen molar-refractivity contribution in [2.75, 3.05) is 6.54 Å².